The first kappa shape index (κ1) is 23.5. The standard InChI is InChI=1S/C25H23Cl2FN6O/c1-35-22-8-7-20(26)18(23(22)28)11-29-24-19-14-33(15-21(19)31-25(27)32-24)12-16-3-5-17(6-4-16)13-34-10-2-9-30-34/h2-10H,11-15H2,1H3,(H,29,31,32). The lowest BCUT2D eigenvalue weighted by molar-refractivity contribution is 0.274. The Morgan fingerprint density at radius 1 is 1.03 bits per heavy atom. The van der Waals surface area contributed by atoms with Gasteiger partial charge < -0.3 is 10.1 Å². The van der Waals surface area contributed by atoms with E-state index in [1.165, 1.54) is 24.3 Å². The number of ether oxygens (including phenoxy) is 1. The Morgan fingerprint density at radius 2 is 1.80 bits per heavy atom. The maximum atomic E-state index is 14.7. The number of methoxy groups -OCH3 is 1. The molecule has 0 saturated heterocycles. The van der Waals surface area contributed by atoms with Gasteiger partial charge in [0.15, 0.2) is 11.6 Å². The van der Waals surface area contributed by atoms with E-state index in [4.69, 9.17) is 27.9 Å². The molecule has 4 aromatic rings. The Hall–Kier alpha value is -3.20. The van der Waals surface area contributed by atoms with Gasteiger partial charge in [-0.2, -0.15) is 5.10 Å². The van der Waals surface area contributed by atoms with Crippen molar-refractivity contribution >= 4 is 29.0 Å². The zero-order chi connectivity index (χ0) is 24.4. The molecular formula is C25H23Cl2FN6O. The van der Waals surface area contributed by atoms with Crippen LogP contribution in [0.1, 0.15) is 27.9 Å². The number of anilines is 1. The quantitative estimate of drug-likeness (QED) is 0.323. The van der Waals surface area contributed by atoms with E-state index in [9.17, 15) is 4.39 Å². The summed E-state index contributed by atoms with van der Waals surface area (Å²) >= 11 is 12.4. The first-order valence-corrected chi connectivity index (χ1v) is 11.8. The van der Waals surface area contributed by atoms with Crippen LogP contribution in [0, 0.1) is 5.82 Å². The number of fused-ring (bicyclic) bond motifs is 1. The summed E-state index contributed by atoms with van der Waals surface area (Å²) < 4.78 is 21.7. The largest absolute Gasteiger partial charge is 0.494 e. The van der Waals surface area contributed by atoms with Crippen molar-refractivity contribution in [2.45, 2.75) is 32.7 Å². The summed E-state index contributed by atoms with van der Waals surface area (Å²) in [4.78, 5) is 11.1. The van der Waals surface area contributed by atoms with E-state index in [-0.39, 0.29) is 17.6 Å². The van der Waals surface area contributed by atoms with Gasteiger partial charge in [-0.3, -0.25) is 9.58 Å². The van der Waals surface area contributed by atoms with Gasteiger partial charge >= 0.3 is 0 Å². The fraction of sp³-hybridized carbons (Fsp3) is 0.240. The number of hydrogen-bond acceptors (Lipinski definition) is 6. The van der Waals surface area contributed by atoms with Gasteiger partial charge in [0, 0.05) is 54.7 Å². The van der Waals surface area contributed by atoms with Crippen LogP contribution in [0.5, 0.6) is 5.75 Å². The van der Waals surface area contributed by atoms with Crippen molar-refractivity contribution in [1.82, 2.24) is 24.6 Å². The van der Waals surface area contributed by atoms with Gasteiger partial charge in [-0.05, 0) is 40.9 Å². The minimum absolute atomic E-state index is 0.138. The average Bonchev–Trinajstić information content (AvgIpc) is 3.50. The number of rotatable bonds is 8. The molecule has 1 aliphatic heterocycles. The highest BCUT2D eigenvalue weighted by molar-refractivity contribution is 6.31. The van der Waals surface area contributed by atoms with Crippen molar-refractivity contribution in [2.24, 2.45) is 0 Å². The molecule has 180 valence electrons. The van der Waals surface area contributed by atoms with E-state index in [2.05, 4.69) is 49.5 Å². The molecule has 0 bridgehead atoms. The third-order valence-corrected chi connectivity index (χ3v) is 6.48. The van der Waals surface area contributed by atoms with Crippen molar-refractivity contribution in [2.75, 3.05) is 12.4 Å². The average molecular weight is 513 g/mol. The molecule has 3 heterocycles. The maximum Gasteiger partial charge on any atom is 0.224 e. The van der Waals surface area contributed by atoms with Crippen LogP contribution < -0.4 is 10.1 Å². The van der Waals surface area contributed by atoms with Crippen molar-refractivity contribution in [3.8, 4) is 5.75 Å². The molecule has 10 heteroatoms. The molecule has 0 fully saturated rings. The summed E-state index contributed by atoms with van der Waals surface area (Å²) in [7, 11) is 1.42. The molecule has 0 unspecified atom stereocenters. The van der Waals surface area contributed by atoms with Crippen LogP contribution in [0.2, 0.25) is 10.3 Å². The van der Waals surface area contributed by atoms with E-state index in [0.29, 0.717) is 29.5 Å². The van der Waals surface area contributed by atoms with Crippen molar-refractivity contribution < 1.29 is 9.13 Å². The minimum Gasteiger partial charge on any atom is -0.494 e. The summed E-state index contributed by atoms with van der Waals surface area (Å²) in [5.41, 5.74) is 4.50. The Kier molecular flexibility index (Phi) is 6.86. The summed E-state index contributed by atoms with van der Waals surface area (Å²) in [5.74, 6) is 0.219. The Morgan fingerprint density at radius 3 is 2.51 bits per heavy atom. The van der Waals surface area contributed by atoms with Crippen LogP contribution in [0.25, 0.3) is 0 Å². The van der Waals surface area contributed by atoms with E-state index in [0.717, 1.165) is 24.3 Å². The van der Waals surface area contributed by atoms with E-state index < -0.39 is 5.82 Å². The monoisotopic (exact) mass is 512 g/mol. The van der Waals surface area contributed by atoms with Gasteiger partial charge in [-0.1, -0.05) is 35.9 Å². The van der Waals surface area contributed by atoms with Crippen LogP contribution in [-0.2, 0) is 32.7 Å². The molecule has 35 heavy (non-hydrogen) atoms. The van der Waals surface area contributed by atoms with Gasteiger partial charge in [0.05, 0.1) is 19.3 Å². The molecule has 0 atom stereocenters. The SMILES string of the molecule is COc1ccc(Cl)c(CNc2nc(Cl)nc3c2CN(Cc2ccc(Cn4cccn4)cc2)C3)c1F. The van der Waals surface area contributed by atoms with E-state index in [1.54, 1.807) is 12.3 Å². The normalized spacial score (nSPS) is 13.1. The van der Waals surface area contributed by atoms with Crippen LogP contribution in [0.15, 0.2) is 54.9 Å². The highest BCUT2D eigenvalue weighted by Gasteiger charge is 2.25. The number of benzene rings is 2. The van der Waals surface area contributed by atoms with Crippen LogP contribution in [0.3, 0.4) is 0 Å². The van der Waals surface area contributed by atoms with Gasteiger partial charge in [-0.15, -0.1) is 0 Å². The van der Waals surface area contributed by atoms with Gasteiger partial charge in [-0.25, -0.2) is 14.4 Å². The first-order chi connectivity index (χ1) is 17.0. The predicted octanol–water partition coefficient (Wildman–Crippen LogP) is 5.30. The van der Waals surface area contributed by atoms with Crippen LogP contribution in [-0.4, -0.2) is 31.8 Å². The Bertz CT molecular complexity index is 1330. The lowest BCUT2D eigenvalue weighted by Crippen LogP contribution is -2.16. The molecular weight excluding hydrogens is 490 g/mol. The maximum absolute atomic E-state index is 14.7. The Labute approximate surface area is 212 Å². The number of hydrogen-bond donors (Lipinski definition) is 1. The van der Waals surface area contributed by atoms with Crippen LogP contribution in [0.4, 0.5) is 10.2 Å². The molecule has 1 N–H and O–H groups in total. The molecule has 0 aliphatic carbocycles. The summed E-state index contributed by atoms with van der Waals surface area (Å²) in [6.45, 7) is 2.93. The first-order valence-electron chi connectivity index (χ1n) is 11.1. The number of nitrogens with zero attached hydrogens (tertiary/aromatic N) is 5. The third kappa shape index (κ3) is 5.24. The third-order valence-electron chi connectivity index (χ3n) is 5.96. The number of aromatic nitrogens is 4. The molecule has 7 nitrogen and oxygen atoms in total. The molecule has 2 aromatic carbocycles. The van der Waals surface area contributed by atoms with Gasteiger partial charge in [0.1, 0.15) is 5.82 Å². The second-order valence-electron chi connectivity index (χ2n) is 8.33. The summed E-state index contributed by atoms with van der Waals surface area (Å²) in [6, 6.07) is 13.5. The zero-order valence-electron chi connectivity index (χ0n) is 19.0. The fourth-order valence-corrected chi connectivity index (χ4v) is 4.60. The molecule has 0 radical (unpaired) electrons. The smallest absolute Gasteiger partial charge is 0.224 e. The lowest BCUT2D eigenvalue weighted by atomic mass is 10.1. The van der Waals surface area contributed by atoms with Crippen molar-refractivity contribution in [1.29, 1.82) is 0 Å². The van der Waals surface area contributed by atoms with Crippen molar-refractivity contribution in [3.05, 3.63) is 98.9 Å². The summed E-state index contributed by atoms with van der Waals surface area (Å²) in [6.07, 6.45) is 3.73. The molecule has 0 amide bonds. The molecule has 0 spiro atoms. The van der Waals surface area contributed by atoms with Gasteiger partial charge in [0.2, 0.25) is 5.28 Å². The minimum atomic E-state index is -0.498. The second kappa shape index (κ2) is 10.2. The highest BCUT2D eigenvalue weighted by atomic mass is 35.5. The highest BCUT2D eigenvalue weighted by Crippen LogP contribution is 2.31. The molecule has 2 aromatic heterocycles. The Balaban J connectivity index is 1.27. The second-order valence-corrected chi connectivity index (χ2v) is 9.07. The lowest BCUT2D eigenvalue weighted by Gasteiger charge is -2.15. The van der Waals surface area contributed by atoms with E-state index in [1.807, 2.05) is 16.9 Å². The summed E-state index contributed by atoms with van der Waals surface area (Å²) in [5, 5.41) is 7.91. The van der Waals surface area contributed by atoms with Crippen molar-refractivity contribution in [3.63, 3.8) is 0 Å². The predicted molar refractivity (Wildman–Crippen MR) is 133 cm³/mol. The van der Waals surface area contributed by atoms with E-state index >= 15 is 0 Å². The van der Waals surface area contributed by atoms with Crippen LogP contribution >= 0.6 is 23.2 Å². The molecule has 0 saturated carbocycles. The topological polar surface area (TPSA) is 68.1 Å². The molecule has 1 aliphatic rings. The zero-order valence-corrected chi connectivity index (χ0v) is 20.5. The fourth-order valence-electron chi connectivity index (χ4n) is 4.20. The molecule has 5 rings (SSSR count). The van der Waals surface area contributed by atoms with Gasteiger partial charge in [0.25, 0.3) is 0 Å². The number of nitrogens with one attached hydrogen (secondary N) is 1. The number of halogens is 3.